The van der Waals surface area contributed by atoms with E-state index in [1.165, 1.54) is 7.11 Å². The van der Waals surface area contributed by atoms with Crippen LogP contribution in [0.5, 0.6) is 0 Å². The molecule has 1 aromatic carbocycles. The molecule has 0 saturated carbocycles. The van der Waals surface area contributed by atoms with E-state index in [2.05, 4.69) is 4.74 Å². The smallest absolute Gasteiger partial charge is 0.338 e. The summed E-state index contributed by atoms with van der Waals surface area (Å²) in [5.74, 6) is -0.440. The number of nitrogens with two attached hydrogens (primary N) is 1. The van der Waals surface area contributed by atoms with Gasteiger partial charge in [-0.25, -0.2) is 4.79 Å². The van der Waals surface area contributed by atoms with Crippen molar-refractivity contribution in [3.05, 3.63) is 35.4 Å². The fraction of sp³-hybridized carbons (Fsp3) is 0.300. The number of aliphatic hydroxyl groups is 1. The van der Waals surface area contributed by atoms with Gasteiger partial charge in [0.1, 0.15) is 0 Å². The van der Waals surface area contributed by atoms with E-state index in [4.69, 9.17) is 10.8 Å². The van der Waals surface area contributed by atoms with Crippen molar-refractivity contribution in [2.24, 2.45) is 5.73 Å². The van der Waals surface area contributed by atoms with Gasteiger partial charge in [0, 0.05) is 0 Å². The highest BCUT2D eigenvalue weighted by Crippen LogP contribution is 2.16. The number of benzene rings is 1. The molecule has 0 bridgehead atoms. The Bertz CT molecular complexity index is 330. The van der Waals surface area contributed by atoms with Gasteiger partial charge < -0.3 is 15.6 Å². The number of esters is 1. The first kappa shape index (κ1) is 13.9. The average molecular weight is 232 g/mol. The zero-order valence-corrected chi connectivity index (χ0v) is 9.16. The van der Waals surface area contributed by atoms with Crippen LogP contribution in [0.2, 0.25) is 0 Å². The van der Waals surface area contributed by atoms with Crippen LogP contribution in [-0.2, 0) is 4.74 Å². The van der Waals surface area contributed by atoms with Crippen molar-refractivity contribution in [3.63, 3.8) is 0 Å². The third-order valence-electron chi connectivity index (χ3n) is 1.96. The van der Waals surface area contributed by atoms with Gasteiger partial charge in [-0.2, -0.15) is 0 Å². The summed E-state index contributed by atoms with van der Waals surface area (Å²) in [6.45, 7) is -0.200. The molecule has 0 aliphatic carbocycles. The quantitative estimate of drug-likeness (QED) is 0.758. The van der Waals surface area contributed by atoms with Crippen LogP contribution in [0.3, 0.4) is 0 Å². The lowest BCUT2D eigenvalue weighted by Gasteiger charge is -2.12. The summed E-state index contributed by atoms with van der Waals surface area (Å²) in [5.41, 5.74) is 6.63. The molecule has 0 fully saturated rings. The number of halogens is 1. The molecule has 0 amide bonds. The van der Waals surface area contributed by atoms with Crippen LogP contribution in [0.4, 0.5) is 0 Å². The third kappa shape index (κ3) is 3.20. The van der Waals surface area contributed by atoms with E-state index in [1.54, 1.807) is 24.3 Å². The van der Waals surface area contributed by atoms with Crippen LogP contribution in [0.15, 0.2) is 24.3 Å². The Morgan fingerprint density at radius 1 is 1.53 bits per heavy atom. The monoisotopic (exact) mass is 231 g/mol. The number of methoxy groups -OCH3 is 1. The number of rotatable bonds is 3. The van der Waals surface area contributed by atoms with Gasteiger partial charge in [0.2, 0.25) is 0 Å². The zero-order valence-electron chi connectivity index (χ0n) is 8.34. The lowest BCUT2D eigenvalue weighted by Crippen LogP contribution is -2.18. The van der Waals surface area contributed by atoms with E-state index in [9.17, 15) is 4.79 Å². The van der Waals surface area contributed by atoms with Crippen LogP contribution in [0, 0.1) is 0 Å². The minimum Gasteiger partial charge on any atom is -0.465 e. The van der Waals surface area contributed by atoms with Gasteiger partial charge in [-0.1, -0.05) is 18.2 Å². The number of carbonyl (C=O) groups is 1. The first-order chi connectivity index (χ1) is 6.70. The number of carbonyl (C=O) groups excluding carboxylic acids is 1. The van der Waals surface area contributed by atoms with Crippen LogP contribution in [0.25, 0.3) is 0 Å². The van der Waals surface area contributed by atoms with E-state index in [1.807, 2.05) is 0 Å². The minimum absolute atomic E-state index is 0. The molecule has 1 atom stereocenters. The molecule has 84 valence electrons. The Balaban J connectivity index is 0.00000196. The summed E-state index contributed by atoms with van der Waals surface area (Å²) in [7, 11) is 1.31. The second-order valence-corrected chi connectivity index (χ2v) is 2.87. The van der Waals surface area contributed by atoms with Crippen molar-refractivity contribution in [2.45, 2.75) is 6.04 Å². The molecule has 4 nitrogen and oxygen atoms in total. The molecular formula is C10H14ClNO3. The predicted octanol–water partition coefficient (Wildman–Crippen LogP) is 0.887. The van der Waals surface area contributed by atoms with Crippen LogP contribution in [-0.4, -0.2) is 24.8 Å². The number of hydrogen-bond donors (Lipinski definition) is 2. The van der Waals surface area contributed by atoms with E-state index in [-0.39, 0.29) is 19.0 Å². The molecule has 1 rings (SSSR count). The van der Waals surface area contributed by atoms with Gasteiger partial charge >= 0.3 is 5.97 Å². The largest absolute Gasteiger partial charge is 0.465 e. The zero-order chi connectivity index (χ0) is 10.6. The lowest BCUT2D eigenvalue weighted by molar-refractivity contribution is 0.0598. The first-order valence-electron chi connectivity index (χ1n) is 4.24. The van der Waals surface area contributed by atoms with Crippen molar-refractivity contribution in [1.29, 1.82) is 0 Å². The van der Waals surface area contributed by atoms with Crippen LogP contribution < -0.4 is 5.73 Å². The molecule has 1 aromatic rings. The first-order valence-corrected chi connectivity index (χ1v) is 4.24. The Morgan fingerprint density at radius 2 is 2.13 bits per heavy atom. The molecule has 3 N–H and O–H groups in total. The molecule has 0 aromatic heterocycles. The van der Waals surface area contributed by atoms with Gasteiger partial charge in [0.15, 0.2) is 0 Å². The topological polar surface area (TPSA) is 72.5 Å². The Hall–Kier alpha value is -1.10. The van der Waals surface area contributed by atoms with Gasteiger partial charge in [-0.15, -0.1) is 12.4 Å². The fourth-order valence-corrected chi connectivity index (χ4v) is 1.21. The van der Waals surface area contributed by atoms with Gasteiger partial charge in [-0.05, 0) is 11.6 Å². The summed E-state index contributed by atoms with van der Waals surface area (Å²) in [6, 6.07) is 6.26. The number of aliphatic hydroxyl groups excluding tert-OH is 1. The molecule has 0 unspecified atom stereocenters. The normalized spacial score (nSPS) is 11.4. The molecule has 15 heavy (non-hydrogen) atoms. The van der Waals surface area contributed by atoms with Crippen molar-refractivity contribution in [2.75, 3.05) is 13.7 Å². The summed E-state index contributed by atoms with van der Waals surface area (Å²) < 4.78 is 4.60. The van der Waals surface area contributed by atoms with Gasteiger partial charge in [0.05, 0.1) is 25.3 Å². The highest BCUT2D eigenvalue weighted by Gasteiger charge is 2.15. The lowest BCUT2D eigenvalue weighted by atomic mass is 10.0. The van der Waals surface area contributed by atoms with E-state index in [0.29, 0.717) is 11.1 Å². The van der Waals surface area contributed by atoms with E-state index in [0.717, 1.165) is 0 Å². The standard InChI is InChI=1S/C10H13NO3.ClH/c1-14-10(13)8-5-3-2-4-7(8)9(11)6-12;/h2-5,9,12H,6,11H2,1H3;1H/t9-;/m1./s1. The van der Waals surface area contributed by atoms with Gasteiger partial charge in [0.25, 0.3) is 0 Å². The second kappa shape index (κ2) is 6.40. The molecular weight excluding hydrogens is 218 g/mol. The Morgan fingerprint density at radius 3 is 2.67 bits per heavy atom. The summed E-state index contributed by atoms with van der Waals surface area (Å²) in [6.07, 6.45) is 0. The van der Waals surface area contributed by atoms with Gasteiger partial charge in [-0.3, -0.25) is 0 Å². The number of ether oxygens (including phenoxy) is 1. The molecule has 0 radical (unpaired) electrons. The van der Waals surface area contributed by atoms with Crippen molar-refractivity contribution < 1.29 is 14.6 Å². The maximum Gasteiger partial charge on any atom is 0.338 e. The van der Waals surface area contributed by atoms with E-state index < -0.39 is 12.0 Å². The Kier molecular flexibility index (Phi) is 5.93. The predicted molar refractivity (Wildman–Crippen MR) is 59.0 cm³/mol. The summed E-state index contributed by atoms with van der Waals surface area (Å²) >= 11 is 0. The molecule has 0 spiro atoms. The molecule has 0 heterocycles. The minimum atomic E-state index is -0.551. The average Bonchev–Trinajstić information content (AvgIpc) is 2.27. The molecule has 0 aliphatic heterocycles. The molecule has 0 aliphatic rings. The molecule has 0 saturated heterocycles. The van der Waals surface area contributed by atoms with Crippen molar-refractivity contribution in [1.82, 2.24) is 0 Å². The van der Waals surface area contributed by atoms with Crippen LogP contribution in [0.1, 0.15) is 22.0 Å². The highest BCUT2D eigenvalue weighted by atomic mass is 35.5. The second-order valence-electron chi connectivity index (χ2n) is 2.87. The van der Waals surface area contributed by atoms with Crippen molar-refractivity contribution in [3.8, 4) is 0 Å². The van der Waals surface area contributed by atoms with Crippen LogP contribution >= 0.6 is 12.4 Å². The third-order valence-corrected chi connectivity index (χ3v) is 1.96. The number of hydrogen-bond acceptors (Lipinski definition) is 4. The SMILES string of the molecule is COC(=O)c1ccccc1[C@H](N)CO.Cl. The highest BCUT2D eigenvalue weighted by molar-refractivity contribution is 5.91. The Labute approximate surface area is 94.5 Å². The summed E-state index contributed by atoms with van der Waals surface area (Å²) in [5, 5.41) is 8.89. The maximum absolute atomic E-state index is 11.3. The van der Waals surface area contributed by atoms with Crippen molar-refractivity contribution >= 4 is 18.4 Å². The van der Waals surface area contributed by atoms with E-state index >= 15 is 0 Å². The fourth-order valence-electron chi connectivity index (χ4n) is 1.21. The maximum atomic E-state index is 11.3. The summed E-state index contributed by atoms with van der Waals surface area (Å²) in [4.78, 5) is 11.3. The molecule has 5 heteroatoms.